The van der Waals surface area contributed by atoms with Gasteiger partial charge in [0.05, 0.1) is 0 Å². The van der Waals surface area contributed by atoms with Gasteiger partial charge in [-0.1, -0.05) is 48.5 Å². The van der Waals surface area contributed by atoms with Gasteiger partial charge in [0.25, 0.3) is 10.0 Å². The number of sulfonamides is 1. The molecular weight excluding hydrogens is 386 g/mol. The van der Waals surface area contributed by atoms with E-state index in [0.717, 1.165) is 23.3 Å². The maximum atomic E-state index is 12.6. The Balaban J connectivity index is 1.82. The van der Waals surface area contributed by atoms with Crippen LogP contribution in [-0.2, 0) is 23.0 Å². The minimum absolute atomic E-state index is 0.113. The molecule has 3 rings (SSSR count). The lowest BCUT2D eigenvalue weighted by molar-refractivity contribution is 0.238. The minimum Gasteiger partial charge on any atom is -0.492 e. The first kappa shape index (κ1) is 21.4. The van der Waals surface area contributed by atoms with Crippen molar-refractivity contribution in [3.8, 4) is 5.75 Å². The summed E-state index contributed by atoms with van der Waals surface area (Å²) in [5.41, 5.74) is 9.50. The predicted molar refractivity (Wildman–Crippen MR) is 116 cm³/mol. The molecule has 2 aromatic carbocycles. The molecule has 1 aliphatic heterocycles. The van der Waals surface area contributed by atoms with Gasteiger partial charge in [0, 0.05) is 32.6 Å². The molecule has 0 amide bonds. The van der Waals surface area contributed by atoms with Crippen molar-refractivity contribution in [3.05, 3.63) is 76.3 Å². The highest BCUT2D eigenvalue weighted by Gasteiger charge is 2.29. The first-order valence-corrected chi connectivity index (χ1v) is 11.2. The number of nitrogens with zero attached hydrogens (tertiary/aromatic N) is 1. The number of rotatable bonds is 7. The van der Waals surface area contributed by atoms with Crippen LogP contribution in [0.15, 0.2) is 59.6 Å². The smallest absolute Gasteiger partial charge is 0.255 e. The van der Waals surface area contributed by atoms with Gasteiger partial charge in [0.2, 0.25) is 0 Å². The molecule has 0 radical (unpaired) electrons. The van der Waals surface area contributed by atoms with E-state index in [4.69, 9.17) is 10.5 Å². The molecule has 1 heterocycles. The summed E-state index contributed by atoms with van der Waals surface area (Å²) in [7, 11) is -0.166. The summed E-state index contributed by atoms with van der Waals surface area (Å²) in [6, 6.07) is 15.9. The minimum atomic E-state index is -3.58. The summed E-state index contributed by atoms with van der Waals surface area (Å²) in [4.78, 5) is 1.58. The first-order valence-electron chi connectivity index (χ1n) is 9.70. The van der Waals surface area contributed by atoms with Crippen LogP contribution in [0, 0.1) is 0 Å². The van der Waals surface area contributed by atoms with Crippen molar-refractivity contribution in [1.29, 1.82) is 0 Å². The fourth-order valence-electron chi connectivity index (χ4n) is 3.70. The van der Waals surface area contributed by atoms with E-state index in [0.29, 0.717) is 6.61 Å². The van der Waals surface area contributed by atoms with Crippen molar-refractivity contribution in [3.63, 3.8) is 0 Å². The molecule has 0 fully saturated rings. The van der Waals surface area contributed by atoms with Gasteiger partial charge in [-0.15, -0.1) is 0 Å². The average molecular weight is 416 g/mol. The number of allylic oxidation sites excluding steroid dienone is 1. The van der Waals surface area contributed by atoms with Crippen molar-refractivity contribution in [2.75, 3.05) is 20.7 Å². The molecule has 2 atom stereocenters. The molecule has 156 valence electrons. The lowest BCUT2D eigenvalue weighted by Crippen LogP contribution is -2.39. The van der Waals surface area contributed by atoms with E-state index < -0.39 is 10.0 Å². The van der Waals surface area contributed by atoms with Crippen LogP contribution in [-0.4, -0.2) is 40.1 Å². The number of nitrogens with one attached hydrogen (secondary N) is 1. The SMILES string of the molecule is CC=C(N(C)C)S(=O)(=O)NCc1ccc2c(c1)C(Cc1ccccc1)C(N)CO2. The zero-order chi connectivity index (χ0) is 21.0. The Hall–Kier alpha value is -2.35. The van der Waals surface area contributed by atoms with E-state index in [1.807, 2.05) is 36.4 Å². The summed E-state index contributed by atoms with van der Waals surface area (Å²) in [6.45, 7) is 2.39. The Labute approximate surface area is 173 Å². The van der Waals surface area contributed by atoms with Crippen molar-refractivity contribution in [2.24, 2.45) is 5.73 Å². The van der Waals surface area contributed by atoms with Gasteiger partial charge in [-0.05, 0) is 36.1 Å². The normalized spacial score (nSPS) is 19.4. The largest absolute Gasteiger partial charge is 0.492 e. The molecule has 0 saturated carbocycles. The molecule has 1 aliphatic rings. The molecule has 29 heavy (non-hydrogen) atoms. The number of benzene rings is 2. The standard InChI is InChI=1S/C22H29N3O3S/c1-4-22(25(2)3)29(26,27)24-14-17-10-11-21-19(13-17)18(20(23)15-28-21)12-16-8-6-5-7-9-16/h4-11,13,18,20,24H,12,14-15,23H2,1-3H3. The number of nitrogens with two attached hydrogens (primary N) is 1. The van der Waals surface area contributed by atoms with Gasteiger partial charge in [0.15, 0.2) is 0 Å². The van der Waals surface area contributed by atoms with Crippen molar-refractivity contribution < 1.29 is 13.2 Å². The molecule has 0 aliphatic carbocycles. The number of hydrogen-bond donors (Lipinski definition) is 2. The molecule has 0 aromatic heterocycles. The third kappa shape index (κ3) is 4.98. The van der Waals surface area contributed by atoms with E-state index in [1.54, 1.807) is 32.0 Å². The van der Waals surface area contributed by atoms with Gasteiger partial charge in [0.1, 0.15) is 17.4 Å². The van der Waals surface area contributed by atoms with Crippen LogP contribution in [0.1, 0.15) is 29.5 Å². The second-order valence-corrected chi connectivity index (χ2v) is 9.20. The van der Waals surface area contributed by atoms with Gasteiger partial charge in [-0.25, -0.2) is 13.1 Å². The molecule has 0 bridgehead atoms. The molecule has 2 aromatic rings. The Morgan fingerprint density at radius 2 is 1.93 bits per heavy atom. The fourth-order valence-corrected chi connectivity index (χ4v) is 4.99. The molecule has 3 N–H and O–H groups in total. The average Bonchev–Trinajstić information content (AvgIpc) is 2.69. The van der Waals surface area contributed by atoms with Crippen LogP contribution in [0.2, 0.25) is 0 Å². The molecule has 7 heteroatoms. The predicted octanol–water partition coefficient (Wildman–Crippen LogP) is 2.57. The topological polar surface area (TPSA) is 84.7 Å². The van der Waals surface area contributed by atoms with Crippen LogP contribution in [0.25, 0.3) is 0 Å². The highest BCUT2D eigenvalue weighted by molar-refractivity contribution is 7.93. The van der Waals surface area contributed by atoms with E-state index in [-0.39, 0.29) is 23.5 Å². The lowest BCUT2D eigenvalue weighted by atomic mass is 9.84. The van der Waals surface area contributed by atoms with Gasteiger partial charge in [-0.2, -0.15) is 0 Å². The van der Waals surface area contributed by atoms with Crippen LogP contribution < -0.4 is 15.2 Å². The van der Waals surface area contributed by atoms with E-state index in [9.17, 15) is 8.42 Å². The van der Waals surface area contributed by atoms with Gasteiger partial charge in [-0.3, -0.25) is 0 Å². The Morgan fingerprint density at radius 1 is 1.21 bits per heavy atom. The van der Waals surface area contributed by atoms with Gasteiger partial charge >= 0.3 is 0 Å². The zero-order valence-corrected chi connectivity index (χ0v) is 17.9. The Bertz CT molecular complexity index is 972. The third-order valence-corrected chi connectivity index (χ3v) is 6.83. The molecule has 0 saturated heterocycles. The quantitative estimate of drug-likeness (QED) is 0.726. The molecular formula is C22H29N3O3S. The Morgan fingerprint density at radius 3 is 2.59 bits per heavy atom. The lowest BCUT2D eigenvalue weighted by Gasteiger charge is -2.32. The van der Waals surface area contributed by atoms with Crippen molar-refractivity contribution in [1.82, 2.24) is 9.62 Å². The van der Waals surface area contributed by atoms with E-state index >= 15 is 0 Å². The van der Waals surface area contributed by atoms with Crippen molar-refractivity contribution in [2.45, 2.75) is 31.8 Å². The zero-order valence-electron chi connectivity index (χ0n) is 17.1. The second-order valence-electron chi connectivity index (χ2n) is 7.49. The highest BCUT2D eigenvalue weighted by atomic mass is 32.2. The number of fused-ring (bicyclic) bond motifs is 1. The van der Waals surface area contributed by atoms with E-state index in [2.05, 4.69) is 16.9 Å². The maximum Gasteiger partial charge on any atom is 0.255 e. The van der Waals surface area contributed by atoms with Crippen LogP contribution in [0.3, 0.4) is 0 Å². The van der Waals surface area contributed by atoms with Crippen LogP contribution in [0.4, 0.5) is 0 Å². The Kier molecular flexibility index (Phi) is 6.62. The highest BCUT2D eigenvalue weighted by Crippen LogP contribution is 2.36. The summed E-state index contributed by atoms with van der Waals surface area (Å²) in [5, 5.41) is 0.239. The summed E-state index contributed by atoms with van der Waals surface area (Å²) in [6.07, 6.45) is 2.40. The molecule has 2 unspecified atom stereocenters. The summed E-state index contributed by atoms with van der Waals surface area (Å²) in [5.74, 6) is 0.937. The number of hydrogen-bond acceptors (Lipinski definition) is 5. The molecule has 0 spiro atoms. The van der Waals surface area contributed by atoms with Gasteiger partial charge < -0.3 is 15.4 Å². The number of ether oxygens (including phenoxy) is 1. The van der Waals surface area contributed by atoms with Crippen LogP contribution in [0.5, 0.6) is 5.75 Å². The van der Waals surface area contributed by atoms with Crippen molar-refractivity contribution >= 4 is 10.0 Å². The third-order valence-electron chi connectivity index (χ3n) is 5.15. The monoisotopic (exact) mass is 415 g/mol. The second kappa shape index (κ2) is 8.98. The fraction of sp³-hybridized carbons (Fsp3) is 0.364. The first-order chi connectivity index (χ1) is 13.8. The summed E-state index contributed by atoms with van der Waals surface area (Å²) < 4.78 is 33.6. The molecule has 6 nitrogen and oxygen atoms in total. The maximum absolute atomic E-state index is 12.6. The van der Waals surface area contributed by atoms with E-state index in [1.165, 1.54) is 5.56 Å². The summed E-state index contributed by atoms with van der Waals surface area (Å²) >= 11 is 0. The van der Waals surface area contributed by atoms with Crippen LogP contribution >= 0.6 is 0 Å².